The maximum Gasteiger partial charge on any atom is 0.409 e. The number of hydrogen-bond acceptors (Lipinski definition) is 5. The first kappa shape index (κ1) is 18.5. The molecule has 0 aliphatic carbocycles. The van der Waals surface area contributed by atoms with Crippen molar-refractivity contribution in [1.29, 1.82) is 0 Å². The minimum Gasteiger partial charge on any atom is -0.497 e. The van der Waals surface area contributed by atoms with Gasteiger partial charge in [0.1, 0.15) is 5.75 Å². The minimum absolute atomic E-state index is 0.215. The Morgan fingerprint density at radius 2 is 1.96 bits per heavy atom. The molecule has 0 radical (unpaired) electrons. The number of amides is 1. The monoisotopic (exact) mass is 351 g/mol. The molecule has 0 bridgehead atoms. The van der Waals surface area contributed by atoms with E-state index in [4.69, 9.17) is 21.7 Å². The number of benzene rings is 1. The van der Waals surface area contributed by atoms with Gasteiger partial charge in [-0.2, -0.15) is 0 Å². The van der Waals surface area contributed by atoms with Crippen molar-refractivity contribution in [3.05, 3.63) is 24.3 Å². The van der Waals surface area contributed by atoms with Gasteiger partial charge in [-0.25, -0.2) is 4.79 Å². The Hall–Kier alpha value is -1.86. The highest BCUT2D eigenvalue weighted by Gasteiger charge is 2.23. The average molecular weight is 351 g/mol. The number of hydrogen-bond donors (Lipinski definition) is 2. The average Bonchev–Trinajstić information content (AvgIpc) is 2.61. The Morgan fingerprint density at radius 1 is 1.29 bits per heavy atom. The van der Waals surface area contributed by atoms with Crippen molar-refractivity contribution >= 4 is 29.0 Å². The van der Waals surface area contributed by atoms with E-state index in [9.17, 15) is 4.79 Å². The highest BCUT2D eigenvalue weighted by molar-refractivity contribution is 7.80. The zero-order valence-electron chi connectivity index (χ0n) is 14.2. The molecule has 0 atom stereocenters. The number of nitrogens with one attached hydrogen (secondary N) is 2. The summed E-state index contributed by atoms with van der Waals surface area (Å²) in [6.45, 7) is 4.29. The van der Waals surface area contributed by atoms with Crippen molar-refractivity contribution in [1.82, 2.24) is 10.2 Å². The molecule has 1 aromatic rings. The minimum atomic E-state index is -0.215. The lowest BCUT2D eigenvalue weighted by atomic mass is 10.1. The summed E-state index contributed by atoms with van der Waals surface area (Å²) in [7, 11) is 1.64. The maximum absolute atomic E-state index is 11.7. The largest absolute Gasteiger partial charge is 0.497 e. The quantitative estimate of drug-likeness (QED) is 0.769. The van der Waals surface area contributed by atoms with Gasteiger partial charge in [0.15, 0.2) is 0 Å². The number of piperidine rings is 1. The number of anilines is 1. The van der Waals surface area contributed by atoms with E-state index < -0.39 is 0 Å². The Kier molecular flexibility index (Phi) is 7.27. The third-order valence-electron chi connectivity index (χ3n) is 3.95. The third kappa shape index (κ3) is 5.65. The Labute approximate surface area is 148 Å². The molecule has 1 heterocycles. The molecular formula is C17H25N3O3S. The SMILES string of the molecule is CCOC(=O)N1CCC(NCC(=S)Nc2ccc(OC)cc2)CC1. The number of methoxy groups -OCH3 is 1. The van der Waals surface area contributed by atoms with Crippen LogP contribution < -0.4 is 15.4 Å². The molecule has 1 fully saturated rings. The molecule has 1 aromatic carbocycles. The number of nitrogens with zero attached hydrogens (tertiary/aromatic N) is 1. The van der Waals surface area contributed by atoms with E-state index >= 15 is 0 Å². The van der Waals surface area contributed by atoms with E-state index in [1.165, 1.54) is 0 Å². The van der Waals surface area contributed by atoms with Gasteiger partial charge in [0.05, 0.1) is 18.7 Å². The molecule has 6 nitrogen and oxygen atoms in total. The van der Waals surface area contributed by atoms with Gasteiger partial charge in [-0.1, -0.05) is 12.2 Å². The zero-order chi connectivity index (χ0) is 17.4. The van der Waals surface area contributed by atoms with Gasteiger partial charge in [-0.3, -0.25) is 0 Å². The lowest BCUT2D eigenvalue weighted by molar-refractivity contribution is 0.0954. The van der Waals surface area contributed by atoms with Gasteiger partial charge in [0.25, 0.3) is 0 Å². The number of carbonyl (C=O) groups is 1. The molecule has 1 aliphatic heterocycles. The molecule has 1 saturated heterocycles. The molecule has 1 aliphatic rings. The zero-order valence-corrected chi connectivity index (χ0v) is 15.0. The lowest BCUT2D eigenvalue weighted by Gasteiger charge is -2.31. The number of likely N-dealkylation sites (tertiary alicyclic amines) is 1. The summed E-state index contributed by atoms with van der Waals surface area (Å²) in [5.74, 6) is 0.818. The summed E-state index contributed by atoms with van der Waals surface area (Å²) in [4.78, 5) is 14.2. The number of rotatable bonds is 6. The fourth-order valence-electron chi connectivity index (χ4n) is 2.60. The number of carbonyl (C=O) groups excluding carboxylic acids is 1. The van der Waals surface area contributed by atoms with Crippen molar-refractivity contribution < 1.29 is 14.3 Å². The summed E-state index contributed by atoms with van der Waals surface area (Å²) in [5, 5.41) is 6.65. The van der Waals surface area contributed by atoms with Crippen LogP contribution in [-0.2, 0) is 4.74 Å². The van der Waals surface area contributed by atoms with Gasteiger partial charge in [-0.15, -0.1) is 0 Å². The Bertz CT molecular complexity index is 543. The molecule has 2 N–H and O–H groups in total. The van der Waals surface area contributed by atoms with Crippen LogP contribution >= 0.6 is 12.2 Å². The maximum atomic E-state index is 11.7. The number of ether oxygens (including phenoxy) is 2. The second kappa shape index (κ2) is 9.44. The van der Waals surface area contributed by atoms with E-state index in [1.54, 1.807) is 12.0 Å². The van der Waals surface area contributed by atoms with Crippen LogP contribution in [0.5, 0.6) is 5.75 Å². The van der Waals surface area contributed by atoms with E-state index in [2.05, 4.69) is 10.6 Å². The fraction of sp³-hybridized carbons (Fsp3) is 0.529. The molecule has 0 aromatic heterocycles. The summed E-state index contributed by atoms with van der Waals surface area (Å²) < 4.78 is 10.2. The first-order chi connectivity index (χ1) is 11.6. The van der Waals surface area contributed by atoms with Crippen LogP contribution in [0.2, 0.25) is 0 Å². The smallest absolute Gasteiger partial charge is 0.409 e. The van der Waals surface area contributed by atoms with Crippen molar-refractivity contribution in [2.24, 2.45) is 0 Å². The molecule has 1 amide bonds. The summed E-state index contributed by atoms with van der Waals surface area (Å²) in [6, 6.07) is 8.02. The van der Waals surface area contributed by atoms with Crippen LogP contribution in [0, 0.1) is 0 Å². The van der Waals surface area contributed by atoms with Crippen LogP contribution in [0.3, 0.4) is 0 Å². The van der Waals surface area contributed by atoms with E-state index in [-0.39, 0.29) is 6.09 Å². The topological polar surface area (TPSA) is 62.8 Å². The Balaban J connectivity index is 1.68. The van der Waals surface area contributed by atoms with Gasteiger partial charge in [-0.05, 0) is 44.0 Å². The molecule has 2 rings (SSSR count). The van der Waals surface area contributed by atoms with Crippen LogP contribution in [0.15, 0.2) is 24.3 Å². The van der Waals surface area contributed by atoms with Crippen LogP contribution in [0.4, 0.5) is 10.5 Å². The molecular weight excluding hydrogens is 326 g/mol. The van der Waals surface area contributed by atoms with Crippen LogP contribution in [-0.4, -0.2) is 55.4 Å². The van der Waals surface area contributed by atoms with E-state index in [1.807, 2.05) is 31.2 Å². The van der Waals surface area contributed by atoms with Crippen molar-refractivity contribution in [3.8, 4) is 5.75 Å². The predicted octanol–water partition coefficient (Wildman–Crippen LogP) is 2.65. The van der Waals surface area contributed by atoms with Gasteiger partial charge < -0.3 is 25.0 Å². The van der Waals surface area contributed by atoms with Crippen LogP contribution in [0.25, 0.3) is 0 Å². The molecule has 0 unspecified atom stereocenters. The normalized spacial score (nSPS) is 15.0. The highest BCUT2D eigenvalue weighted by atomic mass is 32.1. The standard InChI is InChI=1S/C17H25N3O3S/c1-3-23-17(21)20-10-8-13(9-11-20)18-12-16(24)19-14-4-6-15(22-2)7-5-14/h4-7,13,18H,3,8-12H2,1-2H3,(H,19,24). The third-order valence-corrected chi connectivity index (χ3v) is 4.19. The Morgan fingerprint density at radius 3 is 2.54 bits per heavy atom. The second-order valence-corrected chi connectivity index (χ2v) is 6.11. The first-order valence-electron chi connectivity index (χ1n) is 8.21. The lowest BCUT2D eigenvalue weighted by Crippen LogP contribution is -2.46. The van der Waals surface area contributed by atoms with Crippen molar-refractivity contribution in [3.63, 3.8) is 0 Å². The molecule has 24 heavy (non-hydrogen) atoms. The van der Waals surface area contributed by atoms with Crippen molar-refractivity contribution in [2.75, 3.05) is 38.7 Å². The predicted molar refractivity (Wildman–Crippen MR) is 98.8 cm³/mol. The first-order valence-corrected chi connectivity index (χ1v) is 8.62. The highest BCUT2D eigenvalue weighted by Crippen LogP contribution is 2.15. The second-order valence-electron chi connectivity index (χ2n) is 5.62. The van der Waals surface area contributed by atoms with Gasteiger partial charge in [0.2, 0.25) is 0 Å². The summed E-state index contributed by atoms with van der Waals surface area (Å²) in [5.41, 5.74) is 0.944. The molecule has 132 valence electrons. The van der Waals surface area contributed by atoms with E-state index in [0.717, 1.165) is 42.4 Å². The molecule has 0 saturated carbocycles. The molecule has 0 spiro atoms. The van der Waals surface area contributed by atoms with Crippen LogP contribution in [0.1, 0.15) is 19.8 Å². The summed E-state index contributed by atoms with van der Waals surface area (Å²) >= 11 is 5.38. The van der Waals surface area contributed by atoms with E-state index in [0.29, 0.717) is 19.2 Å². The fourth-order valence-corrected chi connectivity index (χ4v) is 2.80. The number of thiocarbonyl (C=S) groups is 1. The summed E-state index contributed by atoms with van der Waals surface area (Å²) in [6.07, 6.45) is 1.60. The van der Waals surface area contributed by atoms with Gasteiger partial charge >= 0.3 is 6.09 Å². The molecule has 7 heteroatoms. The van der Waals surface area contributed by atoms with Crippen molar-refractivity contribution in [2.45, 2.75) is 25.8 Å². The van der Waals surface area contributed by atoms with Gasteiger partial charge in [0, 0.05) is 31.4 Å².